The molecule has 4 heteroatoms. The van der Waals surface area contributed by atoms with E-state index in [1.807, 2.05) is 25.1 Å². The predicted octanol–water partition coefficient (Wildman–Crippen LogP) is 3.32. The Morgan fingerprint density at radius 3 is 2.83 bits per heavy atom. The lowest BCUT2D eigenvalue weighted by atomic mass is 10.1. The topological polar surface area (TPSA) is 38.9 Å². The van der Waals surface area contributed by atoms with Gasteiger partial charge in [0.05, 0.1) is 0 Å². The summed E-state index contributed by atoms with van der Waals surface area (Å²) in [7, 11) is 0. The summed E-state index contributed by atoms with van der Waals surface area (Å²) in [4.78, 5) is 5.11. The Morgan fingerprint density at radius 2 is 2.17 bits per heavy atom. The number of aryl methyl sites for hydroxylation is 1. The normalized spacial score (nSPS) is 12.4. The second-order valence-electron chi connectivity index (χ2n) is 4.11. The Balaban J connectivity index is 1.96. The molecular formula is C14H15FN2S. The molecule has 0 fully saturated rings. The number of halogens is 1. The molecule has 94 valence electrons. The minimum Gasteiger partial charge on any atom is -0.323 e. The van der Waals surface area contributed by atoms with Gasteiger partial charge in [0, 0.05) is 28.6 Å². The largest absolute Gasteiger partial charge is 0.323 e. The standard InChI is InChI=1S/C14H15FN2S/c1-10-5-6-11(8-17-10)14(16)9-18-13-4-2-3-12(15)7-13/h2-8,14H,9,16H2,1H3. The summed E-state index contributed by atoms with van der Waals surface area (Å²) < 4.78 is 13.0. The van der Waals surface area contributed by atoms with Crippen molar-refractivity contribution in [3.8, 4) is 0 Å². The van der Waals surface area contributed by atoms with Crippen molar-refractivity contribution in [2.45, 2.75) is 17.9 Å². The molecule has 0 aliphatic carbocycles. The smallest absolute Gasteiger partial charge is 0.124 e. The number of pyridine rings is 1. The summed E-state index contributed by atoms with van der Waals surface area (Å²) in [5.74, 6) is 0.486. The number of thioether (sulfide) groups is 1. The Morgan fingerprint density at radius 1 is 1.33 bits per heavy atom. The van der Waals surface area contributed by atoms with Gasteiger partial charge in [-0.2, -0.15) is 0 Å². The van der Waals surface area contributed by atoms with Crippen molar-refractivity contribution >= 4 is 11.8 Å². The van der Waals surface area contributed by atoms with Crippen LogP contribution < -0.4 is 5.73 Å². The van der Waals surface area contributed by atoms with Gasteiger partial charge in [0.1, 0.15) is 5.82 Å². The fourth-order valence-corrected chi connectivity index (χ4v) is 2.47. The average molecular weight is 262 g/mol. The molecule has 0 spiro atoms. The highest BCUT2D eigenvalue weighted by atomic mass is 32.2. The van der Waals surface area contributed by atoms with E-state index in [-0.39, 0.29) is 11.9 Å². The maximum absolute atomic E-state index is 13.0. The summed E-state index contributed by atoms with van der Waals surface area (Å²) in [6.45, 7) is 1.94. The van der Waals surface area contributed by atoms with Crippen molar-refractivity contribution in [3.63, 3.8) is 0 Å². The molecule has 18 heavy (non-hydrogen) atoms. The van der Waals surface area contributed by atoms with Crippen LogP contribution in [0.1, 0.15) is 17.3 Å². The van der Waals surface area contributed by atoms with E-state index in [9.17, 15) is 4.39 Å². The van der Waals surface area contributed by atoms with E-state index in [1.165, 1.54) is 12.1 Å². The van der Waals surface area contributed by atoms with Crippen molar-refractivity contribution in [2.75, 3.05) is 5.75 Å². The number of hydrogen-bond donors (Lipinski definition) is 1. The quantitative estimate of drug-likeness (QED) is 0.859. The number of benzene rings is 1. The lowest BCUT2D eigenvalue weighted by Gasteiger charge is -2.11. The first kappa shape index (κ1) is 13.1. The van der Waals surface area contributed by atoms with Gasteiger partial charge in [-0.05, 0) is 36.8 Å². The van der Waals surface area contributed by atoms with E-state index in [1.54, 1.807) is 24.0 Å². The molecule has 2 nitrogen and oxygen atoms in total. The van der Waals surface area contributed by atoms with Gasteiger partial charge < -0.3 is 5.73 Å². The minimum absolute atomic E-state index is 0.0913. The first-order valence-electron chi connectivity index (χ1n) is 5.71. The van der Waals surface area contributed by atoms with Gasteiger partial charge in [-0.3, -0.25) is 4.98 Å². The van der Waals surface area contributed by atoms with Gasteiger partial charge in [-0.15, -0.1) is 11.8 Å². The number of rotatable bonds is 4. The van der Waals surface area contributed by atoms with Crippen molar-refractivity contribution in [1.82, 2.24) is 4.98 Å². The van der Waals surface area contributed by atoms with Crippen molar-refractivity contribution in [1.29, 1.82) is 0 Å². The molecule has 0 aliphatic rings. The molecule has 0 bridgehead atoms. The minimum atomic E-state index is -0.217. The van der Waals surface area contributed by atoms with Crippen LogP contribution in [-0.4, -0.2) is 10.7 Å². The molecule has 2 aromatic rings. The number of hydrogen-bond acceptors (Lipinski definition) is 3. The molecular weight excluding hydrogens is 247 g/mol. The van der Waals surface area contributed by atoms with Crippen LogP contribution in [0.4, 0.5) is 4.39 Å². The van der Waals surface area contributed by atoms with E-state index in [0.29, 0.717) is 5.75 Å². The lowest BCUT2D eigenvalue weighted by molar-refractivity contribution is 0.624. The third-order valence-electron chi connectivity index (χ3n) is 2.59. The van der Waals surface area contributed by atoms with Gasteiger partial charge in [0.2, 0.25) is 0 Å². The van der Waals surface area contributed by atoms with Crippen LogP contribution in [0, 0.1) is 12.7 Å². The Labute approximate surface area is 110 Å². The number of nitrogens with two attached hydrogens (primary N) is 1. The maximum Gasteiger partial charge on any atom is 0.124 e. The second-order valence-corrected chi connectivity index (χ2v) is 5.20. The van der Waals surface area contributed by atoms with E-state index >= 15 is 0 Å². The molecule has 0 radical (unpaired) electrons. The van der Waals surface area contributed by atoms with Gasteiger partial charge in [-0.1, -0.05) is 12.1 Å². The molecule has 0 aliphatic heterocycles. The first-order chi connectivity index (χ1) is 8.65. The summed E-state index contributed by atoms with van der Waals surface area (Å²) in [6, 6.07) is 10.4. The van der Waals surface area contributed by atoms with Crippen molar-refractivity contribution in [3.05, 3.63) is 59.7 Å². The molecule has 0 saturated carbocycles. The molecule has 0 saturated heterocycles. The summed E-state index contributed by atoms with van der Waals surface area (Å²) in [5, 5.41) is 0. The SMILES string of the molecule is Cc1ccc(C(N)CSc2cccc(F)c2)cn1. The van der Waals surface area contributed by atoms with E-state index < -0.39 is 0 Å². The zero-order chi connectivity index (χ0) is 13.0. The third kappa shape index (κ3) is 3.55. The monoisotopic (exact) mass is 262 g/mol. The second kappa shape index (κ2) is 5.98. The Bertz CT molecular complexity index is 513. The fourth-order valence-electron chi connectivity index (χ4n) is 1.54. The summed E-state index contributed by atoms with van der Waals surface area (Å²) in [6.07, 6.45) is 1.80. The van der Waals surface area contributed by atoms with Crippen LogP contribution in [0.15, 0.2) is 47.5 Å². The molecule has 1 aromatic carbocycles. The number of aromatic nitrogens is 1. The van der Waals surface area contributed by atoms with E-state index in [2.05, 4.69) is 4.98 Å². The molecule has 2 rings (SSSR count). The van der Waals surface area contributed by atoms with Gasteiger partial charge in [0.25, 0.3) is 0 Å². The molecule has 1 heterocycles. The van der Waals surface area contributed by atoms with Crippen LogP contribution in [0.3, 0.4) is 0 Å². The van der Waals surface area contributed by atoms with Crippen LogP contribution in [0.25, 0.3) is 0 Å². The Kier molecular flexibility index (Phi) is 4.33. The first-order valence-corrected chi connectivity index (χ1v) is 6.70. The van der Waals surface area contributed by atoms with Crippen molar-refractivity contribution < 1.29 is 4.39 Å². The summed E-state index contributed by atoms with van der Waals surface area (Å²) >= 11 is 1.55. The van der Waals surface area contributed by atoms with Crippen LogP contribution >= 0.6 is 11.8 Å². The van der Waals surface area contributed by atoms with Gasteiger partial charge in [0.15, 0.2) is 0 Å². The molecule has 2 N–H and O–H groups in total. The molecule has 1 atom stereocenters. The van der Waals surface area contributed by atoms with Crippen LogP contribution in [-0.2, 0) is 0 Å². The summed E-state index contributed by atoms with van der Waals surface area (Å²) in [5.41, 5.74) is 8.06. The average Bonchev–Trinajstić information content (AvgIpc) is 2.37. The van der Waals surface area contributed by atoms with Crippen molar-refractivity contribution in [2.24, 2.45) is 5.73 Å². The zero-order valence-corrected chi connectivity index (χ0v) is 11.0. The molecule has 0 amide bonds. The maximum atomic E-state index is 13.0. The number of nitrogens with zero attached hydrogens (tertiary/aromatic N) is 1. The predicted molar refractivity (Wildman–Crippen MR) is 73.0 cm³/mol. The van der Waals surface area contributed by atoms with E-state index in [0.717, 1.165) is 16.2 Å². The lowest BCUT2D eigenvalue weighted by Crippen LogP contribution is -2.13. The van der Waals surface area contributed by atoms with E-state index in [4.69, 9.17) is 5.73 Å². The highest BCUT2D eigenvalue weighted by molar-refractivity contribution is 7.99. The van der Waals surface area contributed by atoms with Crippen LogP contribution in [0.5, 0.6) is 0 Å². The van der Waals surface area contributed by atoms with Gasteiger partial charge >= 0.3 is 0 Å². The highest BCUT2D eigenvalue weighted by Gasteiger charge is 2.07. The molecule has 1 unspecified atom stereocenters. The van der Waals surface area contributed by atoms with Gasteiger partial charge in [-0.25, -0.2) is 4.39 Å². The zero-order valence-electron chi connectivity index (χ0n) is 10.1. The highest BCUT2D eigenvalue weighted by Crippen LogP contribution is 2.23. The van der Waals surface area contributed by atoms with Crippen LogP contribution in [0.2, 0.25) is 0 Å². The Hall–Kier alpha value is -1.39. The molecule has 1 aromatic heterocycles. The third-order valence-corrected chi connectivity index (χ3v) is 3.70. The fraction of sp³-hybridized carbons (Fsp3) is 0.214.